The van der Waals surface area contributed by atoms with Gasteiger partial charge in [-0.05, 0) is 7.05 Å². The van der Waals surface area contributed by atoms with Gasteiger partial charge < -0.3 is 5.32 Å². The average Bonchev–Trinajstić information content (AvgIpc) is 3.07. The SMILES string of the molecule is CNCCn1cc(S(=O)(=O)NCCn2ccnn2)cn1. The fourth-order valence-corrected chi connectivity index (χ4v) is 2.53. The zero-order valence-electron chi connectivity index (χ0n) is 11.1. The van der Waals surface area contributed by atoms with E-state index >= 15 is 0 Å². The largest absolute Gasteiger partial charge is 0.318 e. The summed E-state index contributed by atoms with van der Waals surface area (Å²) in [5.41, 5.74) is 0. The Morgan fingerprint density at radius 2 is 2.05 bits per heavy atom. The van der Waals surface area contributed by atoms with E-state index < -0.39 is 10.0 Å². The molecule has 0 radical (unpaired) electrons. The number of sulfonamides is 1. The maximum absolute atomic E-state index is 12.0. The summed E-state index contributed by atoms with van der Waals surface area (Å²) in [5.74, 6) is 0. The van der Waals surface area contributed by atoms with Gasteiger partial charge in [-0.2, -0.15) is 5.10 Å². The molecule has 0 aliphatic rings. The van der Waals surface area contributed by atoms with Crippen LogP contribution in [0.15, 0.2) is 29.7 Å². The summed E-state index contributed by atoms with van der Waals surface area (Å²) >= 11 is 0. The lowest BCUT2D eigenvalue weighted by molar-refractivity contribution is 0.552. The van der Waals surface area contributed by atoms with Crippen molar-refractivity contribution in [2.24, 2.45) is 0 Å². The third-order valence-corrected chi connectivity index (χ3v) is 4.03. The Kier molecular flexibility index (Phi) is 4.82. The van der Waals surface area contributed by atoms with Gasteiger partial charge in [-0.1, -0.05) is 5.21 Å². The number of hydrogen-bond donors (Lipinski definition) is 2. The van der Waals surface area contributed by atoms with Gasteiger partial charge in [-0.15, -0.1) is 5.10 Å². The molecule has 2 rings (SSSR count). The summed E-state index contributed by atoms with van der Waals surface area (Å²) in [4.78, 5) is 0.159. The summed E-state index contributed by atoms with van der Waals surface area (Å²) in [6, 6.07) is 0. The van der Waals surface area contributed by atoms with Crippen LogP contribution in [0.2, 0.25) is 0 Å². The van der Waals surface area contributed by atoms with Crippen LogP contribution in [-0.4, -0.2) is 53.3 Å². The highest BCUT2D eigenvalue weighted by atomic mass is 32.2. The van der Waals surface area contributed by atoms with Crippen molar-refractivity contribution in [1.82, 2.24) is 34.8 Å². The molecule has 0 unspecified atom stereocenters. The minimum Gasteiger partial charge on any atom is -0.318 e. The second-order valence-electron chi connectivity index (χ2n) is 4.11. The summed E-state index contributed by atoms with van der Waals surface area (Å²) in [6.07, 6.45) is 6.06. The molecule has 0 amide bonds. The summed E-state index contributed by atoms with van der Waals surface area (Å²) in [6.45, 7) is 2.01. The molecule has 110 valence electrons. The van der Waals surface area contributed by atoms with Gasteiger partial charge in [0.05, 0.1) is 25.5 Å². The third kappa shape index (κ3) is 3.85. The molecule has 2 aromatic rings. The molecule has 0 bridgehead atoms. The van der Waals surface area contributed by atoms with Crippen molar-refractivity contribution in [2.75, 3.05) is 20.1 Å². The van der Waals surface area contributed by atoms with Crippen LogP contribution in [0.3, 0.4) is 0 Å². The second-order valence-corrected chi connectivity index (χ2v) is 5.87. The van der Waals surface area contributed by atoms with Gasteiger partial charge in [-0.25, -0.2) is 13.1 Å². The number of rotatable bonds is 8. The molecule has 0 fully saturated rings. The van der Waals surface area contributed by atoms with Crippen molar-refractivity contribution in [2.45, 2.75) is 18.0 Å². The molecule has 0 saturated carbocycles. The zero-order valence-corrected chi connectivity index (χ0v) is 11.9. The molecule has 2 heterocycles. The van der Waals surface area contributed by atoms with Crippen LogP contribution in [0.1, 0.15) is 0 Å². The molecular formula is C10H17N7O2S. The van der Waals surface area contributed by atoms with Crippen LogP contribution >= 0.6 is 0 Å². The summed E-state index contributed by atoms with van der Waals surface area (Å²) in [5, 5.41) is 14.4. The van der Waals surface area contributed by atoms with Gasteiger partial charge >= 0.3 is 0 Å². The topological polar surface area (TPSA) is 107 Å². The number of likely N-dealkylation sites (N-methyl/N-ethyl adjacent to an activating group) is 1. The predicted octanol–water partition coefficient (Wildman–Crippen LogP) is -1.33. The van der Waals surface area contributed by atoms with Gasteiger partial charge in [0.25, 0.3) is 0 Å². The number of nitrogens with one attached hydrogen (secondary N) is 2. The van der Waals surface area contributed by atoms with E-state index in [0.717, 1.165) is 6.54 Å². The normalized spacial score (nSPS) is 11.8. The lowest BCUT2D eigenvalue weighted by Crippen LogP contribution is -2.27. The second kappa shape index (κ2) is 6.59. The van der Waals surface area contributed by atoms with Gasteiger partial charge in [0.1, 0.15) is 4.90 Å². The van der Waals surface area contributed by atoms with Gasteiger partial charge in [0, 0.05) is 25.5 Å². The summed E-state index contributed by atoms with van der Waals surface area (Å²) < 4.78 is 29.7. The standard InChI is InChI=1S/C10H17N7O2S/c1-11-2-5-17-9-10(8-13-17)20(18,19)14-4-7-16-6-3-12-15-16/h3,6,8-9,11,14H,2,4-5,7H2,1H3. The quantitative estimate of drug-likeness (QED) is 0.625. The van der Waals surface area contributed by atoms with E-state index in [1.54, 1.807) is 21.8 Å². The lowest BCUT2D eigenvalue weighted by Gasteiger charge is -2.04. The Morgan fingerprint density at radius 1 is 1.25 bits per heavy atom. The van der Waals surface area contributed by atoms with Crippen molar-refractivity contribution < 1.29 is 8.42 Å². The van der Waals surface area contributed by atoms with E-state index in [2.05, 4.69) is 25.4 Å². The first-order valence-corrected chi connectivity index (χ1v) is 7.61. The maximum atomic E-state index is 12.0. The van der Waals surface area contributed by atoms with Crippen molar-refractivity contribution >= 4 is 10.0 Å². The van der Waals surface area contributed by atoms with Crippen molar-refractivity contribution in [1.29, 1.82) is 0 Å². The molecule has 2 aromatic heterocycles. The van der Waals surface area contributed by atoms with Gasteiger partial charge in [0.15, 0.2) is 0 Å². The first-order valence-electron chi connectivity index (χ1n) is 6.12. The fourth-order valence-electron chi connectivity index (χ4n) is 1.56. The van der Waals surface area contributed by atoms with Crippen LogP contribution in [0.4, 0.5) is 0 Å². The molecule has 0 saturated heterocycles. The van der Waals surface area contributed by atoms with E-state index in [1.807, 2.05) is 7.05 Å². The fraction of sp³-hybridized carbons (Fsp3) is 0.500. The van der Waals surface area contributed by atoms with Crippen LogP contribution < -0.4 is 10.0 Å². The molecule has 10 heteroatoms. The highest BCUT2D eigenvalue weighted by Crippen LogP contribution is 2.06. The predicted molar refractivity (Wildman–Crippen MR) is 71.4 cm³/mol. The smallest absolute Gasteiger partial charge is 0.243 e. The van der Waals surface area contributed by atoms with Crippen molar-refractivity contribution in [3.63, 3.8) is 0 Å². The van der Waals surface area contributed by atoms with E-state index in [9.17, 15) is 8.42 Å². The minimum absolute atomic E-state index is 0.159. The molecular weight excluding hydrogens is 282 g/mol. The molecule has 20 heavy (non-hydrogen) atoms. The monoisotopic (exact) mass is 299 g/mol. The first-order chi connectivity index (χ1) is 9.62. The summed E-state index contributed by atoms with van der Waals surface area (Å²) in [7, 11) is -1.71. The Bertz CT molecular complexity index is 620. The lowest BCUT2D eigenvalue weighted by atomic mass is 10.6. The molecule has 0 aromatic carbocycles. The highest BCUT2D eigenvalue weighted by Gasteiger charge is 2.15. The number of hydrogen-bond acceptors (Lipinski definition) is 6. The molecule has 9 nitrogen and oxygen atoms in total. The Hall–Kier alpha value is -1.78. The Labute approximate surface area is 117 Å². The van der Waals surface area contributed by atoms with Gasteiger partial charge in [0.2, 0.25) is 10.0 Å². The number of aromatic nitrogens is 5. The highest BCUT2D eigenvalue weighted by molar-refractivity contribution is 7.89. The molecule has 2 N–H and O–H groups in total. The Balaban J connectivity index is 1.90. The first kappa shape index (κ1) is 14.6. The molecule has 0 spiro atoms. The third-order valence-electron chi connectivity index (χ3n) is 2.62. The molecule has 0 atom stereocenters. The maximum Gasteiger partial charge on any atom is 0.243 e. The Morgan fingerprint density at radius 3 is 2.75 bits per heavy atom. The zero-order chi connectivity index (χ0) is 14.4. The van der Waals surface area contributed by atoms with Crippen molar-refractivity contribution in [3.05, 3.63) is 24.8 Å². The van der Waals surface area contributed by atoms with Crippen LogP contribution in [0.25, 0.3) is 0 Å². The minimum atomic E-state index is -3.53. The molecule has 0 aliphatic heterocycles. The van der Waals surface area contributed by atoms with E-state index in [1.165, 1.54) is 12.4 Å². The van der Waals surface area contributed by atoms with E-state index in [-0.39, 0.29) is 11.4 Å². The number of nitrogens with zero attached hydrogens (tertiary/aromatic N) is 5. The van der Waals surface area contributed by atoms with Crippen LogP contribution in [-0.2, 0) is 23.1 Å². The average molecular weight is 299 g/mol. The van der Waals surface area contributed by atoms with Gasteiger partial charge in [-0.3, -0.25) is 9.36 Å². The van der Waals surface area contributed by atoms with Crippen LogP contribution in [0.5, 0.6) is 0 Å². The van der Waals surface area contributed by atoms with E-state index in [4.69, 9.17) is 0 Å². The van der Waals surface area contributed by atoms with E-state index in [0.29, 0.717) is 13.1 Å². The van der Waals surface area contributed by atoms with Crippen molar-refractivity contribution in [3.8, 4) is 0 Å². The molecule has 0 aliphatic carbocycles. The van der Waals surface area contributed by atoms with Crippen LogP contribution in [0, 0.1) is 0 Å².